The van der Waals surface area contributed by atoms with E-state index in [2.05, 4.69) is 6.29 Å². The third-order valence-corrected chi connectivity index (χ3v) is 1.77. The average Bonchev–Trinajstić information content (AvgIpc) is 1.90. The predicted octanol–water partition coefficient (Wildman–Crippen LogP) is 1.67. The van der Waals surface area contributed by atoms with Crippen LogP contribution in [0, 0.1) is 5.92 Å². The second kappa shape index (κ2) is 5.55. The molecule has 0 heterocycles. The molecule has 0 spiro atoms. The van der Waals surface area contributed by atoms with Gasteiger partial charge < -0.3 is 4.79 Å². The fourth-order valence-electron chi connectivity index (χ4n) is 1.22. The Balaban J connectivity index is 0.000000640. The van der Waals surface area contributed by atoms with Gasteiger partial charge >= 0.3 is 0 Å². The summed E-state index contributed by atoms with van der Waals surface area (Å²) in [7, 11) is 0. The van der Waals surface area contributed by atoms with Crippen molar-refractivity contribution in [2.45, 2.75) is 32.1 Å². The van der Waals surface area contributed by atoms with Crippen LogP contribution in [0.1, 0.15) is 32.1 Å². The van der Waals surface area contributed by atoms with Gasteiger partial charge in [0.1, 0.15) is 0 Å². The van der Waals surface area contributed by atoms with Crippen molar-refractivity contribution in [3.63, 3.8) is 0 Å². The van der Waals surface area contributed by atoms with Crippen molar-refractivity contribution in [1.29, 1.82) is 0 Å². The van der Waals surface area contributed by atoms with E-state index in [4.69, 9.17) is 0 Å². The van der Waals surface area contributed by atoms with Crippen LogP contribution in [0.15, 0.2) is 0 Å². The van der Waals surface area contributed by atoms with E-state index < -0.39 is 0 Å². The molecule has 0 amide bonds. The summed E-state index contributed by atoms with van der Waals surface area (Å²) >= 11 is 0. The first-order valence-electron chi connectivity index (χ1n) is 3.31. The van der Waals surface area contributed by atoms with Crippen LogP contribution in [0.2, 0.25) is 0 Å². The van der Waals surface area contributed by atoms with Crippen LogP contribution in [-0.4, -0.2) is 6.29 Å². The van der Waals surface area contributed by atoms with Crippen molar-refractivity contribution >= 4 is 6.29 Å². The molecule has 1 radical (unpaired) electrons. The van der Waals surface area contributed by atoms with E-state index in [0.29, 0.717) is 0 Å². The van der Waals surface area contributed by atoms with E-state index >= 15 is 0 Å². The molecule has 9 heavy (non-hydrogen) atoms. The quantitative estimate of drug-likeness (QED) is 0.588. The largest absolute Gasteiger partial charge is 0.542 e. The Kier molecular flexibility index (Phi) is 6.03. The summed E-state index contributed by atoms with van der Waals surface area (Å²) in [5.74, 6) is 0.281. The molecule has 0 unspecified atom stereocenters. The van der Waals surface area contributed by atoms with E-state index in [0.717, 1.165) is 12.8 Å². The van der Waals surface area contributed by atoms with Gasteiger partial charge in [-0.2, -0.15) is 0 Å². The molecule has 49 valence electrons. The van der Waals surface area contributed by atoms with Gasteiger partial charge in [0.2, 0.25) is 0 Å². The molecule has 1 fully saturated rings. The second-order valence-electron chi connectivity index (χ2n) is 2.45. The van der Waals surface area contributed by atoms with Crippen LogP contribution in [0.5, 0.6) is 0 Å². The van der Waals surface area contributed by atoms with Gasteiger partial charge in [-0.05, 0) is 0 Å². The van der Waals surface area contributed by atoms with Gasteiger partial charge in [-0.3, -0.25) is 6.29 Å². The summed E-state index contributed by atoms with van der Waals surface area (Å²) in [6, 6.07) is 0. The van der Waals surface area contributed by atoms with Crippen LogP contribution < -0.4 is 0 Å². The molecule has 1 saturated carbocycles. The molecule has 1 aliphatic rings. The van der Waals surface area contributed by atoms with Crippen LogP contribution >= 0.6 is 0 Å². The molecule has 1 rings (SSSR count). The van der Waals surface area contributed by atoms with Gasteiger partial charge in [0.15, 0.2) is 0 Å². The number of carbonyl (C=O) groups excluding carboxylic acids is 1. The zero-order valence-electron chi connectivity index (χ0n) is 5.60. The van der Waals surface area contributed by atoms with Crippen molar-refractivity contribution in [2.75, 3.05) is 0 Å². The van der Waals surface area contributed by atoms with Crippen molar-refractivity contribution in [1.82, 2.24) is 0 Å². The van der Waals surface area contributed by atoms with Crippen LogP contribution in [0.3, 0.4) is 0 Å². The molecule has 0 atom stereocenters. The molecular formula is C7H11OY-. The zero-order chi connectivity index (χ0) is 5.82. The third kappa shape index (κ3) is 3.47. The molecule has 0 bridgehead atoms. The minimum absolute atomic E-state index is 0. The molecule has 0 aromatic heterocycles. The molecule has 0 N–H and O–H groups in total. The van der Waals surface area contributed by atoms with Crippen LogP contribution in [-0.2, 0) is 37.5 Å². The summed E-state index contributed by atoms with van der Waals surface area (Å²) in [6.07, 6.45) is 8.02. The summed E-state index contributed by atoms with van der Waals surface area (Å²) in [4.78, 5) is 10.0. The standard InChI is InChI=1S/C7H11O.Y/c8-6-7-4-2-1-3-5-7;/h7H,1-5H2;/q-1;. The maximum Gasteiger partial charge on any atom is 0 e. The summed E-state index contributed by atoms with van der Waals surface area (Å²) in [5, 5.41) is 0. The molecule has 0 aromatic carbocycles. The molecule has 0 aliphatic heterocycles. The normalized spacial score (nSPS) is 20.4. The molecular weight excluding hydrogens is 189 g/mol. The molecule has 0 aromatic rings. The Morgan fingerprint density at radius 2 is 1.67 bits per heavy atom. The molecule has 0 saturated heterocycles. The van der Waals surface area contributed by atoms with Gasteiger partial charge in [0, 0.05) is 32.7 Å². The second-order valence-corrected chi connectivity index (χ2v) is 2.45. The first kappa shape index (κ1) is 9.77. The molecule has 2 heteroatoms. The monoisotopic (exact) mass is 200 g/mol. The minimum atomic E-state index is 0. The van der Waals surface area contributed by atoms with Gasteiger partial charge in [-0.25, -0.2) is 0 Å². The third-order valence-electron chi connectivity index (χ3n) is 1.77. The van der Waals surface area contributed by atoms with Crippen LogP contribution in [0.4, 0.5) is 0 Å². The van der Waals surface area contributed by atoms with E-state index in [1.165, 1.54) is 19.3 Å². The first-order valence-corrected chi connectivity index (χ1v) is 3.31. The molecule has 1 aliphatic carbocycles. The summed E-state index contributed by atoms with van der Waals surface area (Å²) < 4.78 is 0. The van der Waals surface area contributed by atoms with E-state index in [-0.39, 0.29) is 38.6 Å². The van der Waals surface area contributed by atoms with E-state index in [9.17, 15) is 4.79 Å². The van der Waals surface area contributed by atoms with Gasteiger partial charge in [-0.15, -0.1) is 5.92 Å². The number of hydrogen-bond donors (Lipinski definition) is 0. The van der Waals surface area contributed by atoms with Gasteiger partial charge in [0.25, 0.3) is 0 Å². The first-order chi connectivity index (χ1) is 3.93. The minimum Gasteiger partial charge on any atom is -0.542 e. The van der Waals surface area contributed by atoms with Gasteiger partial charge in [0.05, 0.1) is 0 Å². The summed E-state index contributed by atoms with van der Waals surface area (Å²) in [5.41, 5.74) is 0. The van der Waals surface area contributed by atoms with Crippen molar-refractivity contribution in [3.05, 3.63) is 0 Å². The SMILES string of the molecule is O=[C-]C1CCCCC1.[Y]. The number of hydrogen-bond acceptors (Lipinski definition) is 1. The Labute approximate surface area is 81.5 Å². The van der Waals surface area contributed by atoms with Gasteiger partial charge in [-0.1, -0.05) is 32.1 Å². The topological polar surface area (TPSA) is 17.1 Å². The van der Waals surface area contributed by atoms with E-state index in [1.807, 2.05) is 0 Å². The Bertz CT molecular complexity index is 77.0. The Hall–Kier alpha value is 0.774. The smallest absolute Gasteiger partial charge is 0 e. The van der Waals surface area contributed by atoms with Crippen molar-refractivity contribution in [2.24, 2.45) is 5.92 Å². The Morgan fingerprint density at radius 3 is 2.00 bits per heavy atom. The maximum atomic E-state index is 10.0. The Morgan fingerprint density at radius 1 is 1.11 bits per heavy atom. The van der Waals surface area contributed by atoms with Crippen molar-refractivity contribution < 1.29 is 37.5 Å². The van der Waals surface area contributed by atoms with Crippen molar-refractivity contribution in [3.8, 4) is 0 Å². The average molecular weight is 200 g/mol. The molecule has 1 nitrogen and oxygen atoms in total. The van der Waals surface area contributed by atoms with Crippen LogP contribution in [0.25, 0.3) is 0 Å². The maximum absolute atomic E-state index is 10.0. The predicted molar refractivity (Wildman–Crippen MR) is 32.3 cm³/mol. The zero-order valence-corrected chi connectivity index (χ0v) is 8.44. The number of rotatable bonds is 1. The van der Waals surface area contributed by atoms with E-state index in [1.54, 1.807) is 0 Å². The fourth-order valence-corrected chi connectivity index (χ4v) is 1.22. The summed E-state index contributed by atoms with van der Waals surface area (Å²) in [6.45, 7) is 0. The fraction of sp³-hybridized carbons (Fsp3) is 0.857.